The minimum Gasteiger partial charge on any atom is -0.477 e. The van der Waals surface area contributed by atoms with Crippen LogP contribution in [0.5, 0.6) is 0 Å². The molecule has 2 aliphatic heterocycles. The van der Waals surface area contributed by atoms with Gasteiger partial charge in [0.15, 0.2) is 10.8 Å². The summed E-state index contributed by atoms with van der Waals surface area (Å²) in [6, 6.07) is 0. The lowest BCUT2D eigenvalue weighted by atomic mass is 10.1. The Morgan fingerprint density at radius 1 is 1.54 bits per heavy atom. The number of nitrogens with two attached hydrogens (primary N) is 1. The van der Waals surface area contributed by atoms with Gasteiger partial charge in [-0.3, -0.25) is 14.5 Å². The van der Waals surface area contributed by atoms with E-state index in [0.29, 0.717) is 16.4 Å². The summed E-state index contributed by atoms with van der Waals surface area (Å²) in [7, 11) is 1.30. The first-order chi connectivity index (χ1) is 12.3. The molecule has 2 aliphatic rings. The first-order valence-electron chi connectivity index (χ1n) is 7.36. The van der Waals surface area contributed by atoms with Crippen molar-refractivity contribution in [1.82, 2.24) is 15.2 Å². The first-order valence-corrected chi connectivity index (χ1v) is 9.19. The van der Waals surface area contributed by atoms with E-state index >= 15 is 0 Å². The third-order valence-corrected chi connectivity index (χ3v) is 5.93. The van der Waals surface area contributed by atoms with E-state index in [2.05, 4.69) is 20.3 Å². The molecule has 0 spiro atoms. The van der Waals surface area contributed by atoms with E-state index in [0.717, 1.165) is 4.90 Å². The van der Waals surface area contributed by atoms with Gasteiger partial charge in [-0.25, -0.2) is 9.78 Å². The number of carbonyl (C=O) groups is 3. The van der Waals surface area contributed by atoms with E-state index in [9.17, 15) is 19.5 Å². The maximum absolute atomic E-state index is 12.3. The maximum atomic E-state index is 12.3. The number of nitrogens with one attached hydrogen (secondary N) is 1. The quantitative estimate of drug-likeness (QED) is 0.464. The molecular formula is C14H15N5O5S2. The lowest BCUT2D eigenvalue weighted by Gasteiger charge is -2.46. The number of thiazole rings is 1. The second-order valence-electron chi connectivity index (χ2n) is 5.46. The number of amides is 2. The fraction of sp³-hybridized carbons (Fsp3) is 0.357. The van der Waals surface area contributed by atoms with Crippen molar-refractivity contribution in [2.45, 2.75) is 24.1 Å². The summed E-state index contributed by atoms with van der Waals surface area (Å²) in [6.45, 7) is 1.57. The number of carboxylic acids is 1. The number of hydrogen-bond donors (Lipinski definition) is 3. The van der Waals surface area contributed by atoms with Crippen LogP contribution in [0.2, 0.25) is 0 Å². The highest BCUT2D eigenvalue weighted by atomic mass is 32.2. The lowest BCUT2D eigenvalue weighted by Crippen LogP contribution is -2.64. The van der Waals surface area contributed by atoms with Gasteiger partial charge < -0.3 is 21.0 Å². The van der Waals surface area contributed by atoms with Crippen LogP contribution in [0.15, 0.2) is 21.8 Å². The topological polar surface area (TPSA) is 147 Å². The number of β-lactam (4-membered cyclic amide) rings is 1. The Hall–Kier alpha value is -2.60. The predicted octanol–water partition coefficient (Wildman–Crippen LogP) is -0.0138. The Kier molecular flexibility index (Phi) is 4.87. The third kappa shape index (κ3) is 3.12. The Morgan fingerprint density at radius 2 is 2.27 bits per heavy atom. The number of rotatable bonds is 5. The molecule has 0 aliphatic carbocycles. The number of thioether (sulfide) groups is 1. The zero-order chi connectivity index (χ0) is 19.0. The molecule has 3 heterocycles. The van der Waals surface area contributed by atoms with Gasteiger partial charge in [0, 0.05) is 5.38 Å². The van der Waals surface area contributed by atoms with Crippen LogP contribution in [0, 0.1) is 0 Å². The molecule has 26 heavy (non-hydrogen) atoms. The van der Waals surface area contributed by atoms with Gasteiger partial charge in [0.05, 0.1) is 12.1 Å². The summed E-state index contributed by atoms with van der Waals surface area (Å²) >= 11 is 2.44. The van der Waals surface area contributed by atoms with Crippen LogP contribution >= 0.6 is 23.1 Å². The third-order valence-electron chi connectivity index (χ3n) is 3.77. The van der Waals surface area contributed by atoms with Crippen molar-refractivity contribution in [2.75, 3.05) is 12.8 Å². The van der Waals surface area contributed by atoms with Crippen LogP contribution < -0.4 is 11.1 Å². The van der Waals surface area contributed by atoms with E-state index in [4.69, 9.17) is 5.73 Å². The first kappa shape index (κ1) is 18.2. The molecule has 1 unspecified atom stereocenters. The summed E-state index contributed by atoms with van der Waals surface area (Å²) in [6.07, 6.45) is 0.0206. The number of carboxylic acid groups (broad SMARTS) is 1. The number of anilines is 1. The number of fused-ring (bicyclic) bond motifs is 1. The highest BCUT2D eigenvalue weighted by molar-refractivity contribution is 8.01. The maximum Gasteiger partial charge on any atom is 0.352 e. The summed E-state index contributed by atoms with van der Waals surface area (Å²) in [5.41, 5.74) is 6.40. The summed E-state index contributed by atoms with van der Waals surface area (Å²) in [5, 5.41) is 16.7. The number of carbonyl (C=O) groups excluding carboxylic acids is 2. The van der Waals surface area contributed by atoms with Crippen LogP contribution in [0.3, 0.4) is 0 Å². The van der Waals surface area contributed by atoms with Crippen molar-refractivity contribution in [2.24, 2.45) is 5.16 Å². The monoisotopic (exact) mass is 397 g/mol. The van der Waals surface area contributed by atoms with E-state index in [1.807, 2.05) is 0 Å². The molecule has 0 bridgehead atoms. The van der Waals surface area contributed by atoms with Crippen LogP contribution in [-0.4, -0.2) is 56.3 Å². The highest BCUT2D eigenvalue weighted by Gasteiger charge is 2.53. The average Bonchev–Trinajstić information content (AvgIpc) is 2.98. The van der Waals surface area contributed by atoms with E-state index in [-0.39, 0.29) is 23.7 Å². The van der Waals surface area contributed by atoms with E-state index in [1.165, 1.54) is 30.2 Å². The van der Waals surface area contributed by atoms with Gasteiger partial charge in [-0.15, -0.1) is 23.1 Å². The van der Waals surface area contributed by atoms with Crippen LogP contribution in [0.25, 0.3) is 0 Å². The molecule has 2 amide bonds. The molecule has 12 heteroatoms. The molecule has 0 radical (unpaired) electrons. The molecule has 3 rings (SSSR count). The van der Waals surface area contributed by atoms with Gasteiger partial charge in [0.2, 0.25) is 5.91 Å². The molecule has 1 saturated heterocycles. The Balaban J connectivity index is 1.81. The van der Waals surface area contributed by atoms with E-state index < -0.39 is 22.6 Å². The van der Waals surface area contributed by atoms with Crippen LogP contribution in [0.4, 0.5) is 5.13 Å². The number of hydrogen-bond acceptors (Lipinski definition) is 9. The minimum absolute atomic E-state index is 0.0206. The number of aliphatic carboxylic acids is 1. The molecule has 1 aromatic rings. The summed E-state index contributed by atoms with van der Waals surface area (Å²) in [5.74, 6) is -2.10. The van der Waals surface area contributed by atoms with Gasteiger partial charge in [-0.1, -0.05) is 5.16 Å². The van der Waals surface area contributed by atoms with Crippen LogP contribution in [-0.2, 0) is 25.6 Å². The zero-order valence-corrected chi connectivity index (χ0v) is 15.4. The second kappa shape index (κ2) is 6.96. The summed E-state index contributed by atoms with van der Waals surface area (Å²) in [4.78, 5) is 45.8. The average molecular weight is 397 g/mol. The number of nitrogen functional groups attached to an aromatic ring is 1. The van der Waals surface area contributed by atoms with Crippen molar-refractivity contribution in [3.63, 3.8) is 0 Å². The molecule has 10 nitrogen and oxygen atoms in total. The van der Waals surface area contributed by atoms with Gasteiger partial charge in [0.1, 0.15) is 23.6 Å². The molecule has 1 fully saturated rings. The Labute approximate surface area is 156 Å². The molecule has 4 N–H and O–H groups in total. The number of nitrogens with zero attached hydrogens (tertiary/aromatic N) is 3. The summed E-state index contributed by atoms with van der Waals surface area (Å²) < 4.78 is 0. The number of aromatic nitrogens is 1. The van der Waals surface area contributed by atoms with E-state index in [1.54, 1.807) is 12.3 Å². The van der Waals surface area contributed by atoms with Crippen molar-refractivity contribution >= 4 is 51.7 Å². The van der Waals surface area contributed by atoms with Crippen molar-refractivity contribution in [3.8, 4) is 0 Å². The molecular weight excluding hydrogens is 382 g/mol. The van der Waals surface area contributed by atoms with Gasteiger partial charge in [-0.05, 0) is 12.5 Å². The van der Waals surface area contributed by atoms with Crippen LogP contribution in [0.1, 0.15) is 12.6 Å². The number of oxime groups is 1. The predicted molar refractivity (Wildman–Crippen MR) is 95.2 cm³/mol. The fourth-order valence-corrected chi connectivity index (χ4v) is 4.57. The SMILES string of the molecule is CO/N=C1\C(=O)N2C(C(=O)O)=C(C)C(NC(=O)Cc3csc(N)n3)S[C@H]12. The lowest BCUT2D eigenvalue weighted by molar-refractivity contribution is -0.139. The molecule has 2 atom stereocenters. The second-order valence-corrected chi connectivity index (χ2v) is 7.54. The molecule has 138 valence electrons. The van der Waals surface area contributed by atoms with Crippen molar-refractivity contribution < 1.29 is 24.3 Å². The highest BCUT2D eigenvalue weighted by Crippen LogP contribution is 2.41. The fourth-order valence-electron chi connectivity index (χ4n) is 2.64. The molecule has 0 aromatic carbocycles. The minimum atomic E-state index is -1.25. The van der Waals surface area contributed by atoms with Gasteiger partial charge >= 0.3 is 5.97 Å². The molecule has 0 saturated carbocycles. The smallest absolute Gasteiger partial charge is 0.352 e. The van der Waals surface area contributed by atoms with Gasteiger partial charge in [-0.2, -0.15) is 0 Å². The largest absolute Gasteiger partial charge is 0.477 e. The molecule has 1 aromatic heterocycles. The standard InChI is InChI=1S/C14H15N5O5S2/c1-5-9(13(22)23)19-11(21)8(18-24-2)12(19)26-10(5)17-7(20)3-6-4-25-14(15)16-6/h4,10,12H,3H2,1-2H3,(H2,15,16)(H,17,20)(H,22,23)/b18-8+/t10?,12-/m1/s1. The van der Waals surface area contributed by atoms with Gasteiger partial charge in [0.25, 0.3) is 5.91 Å². The normalized spacial score (nSPS) is 23.5. The zero-order valence-electron chi connectivity index (χ0n) is 13.8. The van der Waals surface area contributed by atoms with Crippen molar-refractivity contribution in [1.29, 1.82) is 0 Å². The Bertz CT molecular complexity index is 849. The van der Waals surface area contributed by atoms with Crippen molar-refractivity contribution in [3.05, 3.63) is 22.3 Å². The Morgan fingerprint density at radius 3 is 2.85 bits per heavy atom.